The number of allylic oxidation sites excluding steroid dienone is 2. The van der Waals surface area contributed by atoms with Crippen LogP contribution >= 0.6 is 0 Å². The van der Waals surface area contributed by atoms with Crippen molar-refractivity contribution in [2.75, 3.05) is 13.7 Å². The molecule has 18 heavy (non-hydrogen) atoms. The summed E-state index contributed by atoms with van der Waals surface area (Å²) in [6.45, 7) is 3.01. The van der Waals surface area contributed by atoms with E-state index in [0.29, 0.717) is 25.7 Å². The van der Waals surface area contributed by atoms with Gasteiger partial charge in [0.2, 0.25) is 0 Å². The minimum atomic E-state index is -0.451. The lowest BCUT2D eigenvalue weighted by Gasteiger charge is -2.02. The summed E-state index contributed by atoms with van der Waals surface area (Å²) in [6, 6.07) is 0. The number of Topliss-reactive ketones (excluding diaryl/α,β-unsaturated/α-hetero) is 1. The molecule has 102 valence electrons. The van der Waals surface area contributed by atoms with E-state index in [-0.39, 0.29) is 18.4 Å². The molecule has 0 amide bonds. The number of hydrogen-bond acceptors (Lipinski definition) is 5. The number of rotatable bonds is 8. The number of methoxy groups -OCH3 is 1. The number of carbonyl (C=O) groups excluding carboxylic acids is 3. The first-order valence-corrected chi connectivity index (χ1v) is 5.83. The Morgan fingerprint density at radius 1 is 1.06 bits per heavy atom. The molecule has 0 N–H and O–H groups in total. The Hall–Kier alpha value is -1.65. The summed E-state index contributed by atoms with van der Waals surface area (Å²) in [5, 5.41) is 0. The third-order valence-corrected chi connectivity index (χ3v) is 2.30. The van der Waals surface area contributed by atoms with Gasteiger partial charge >= 0.3 is 11.9 Å². The van der Waals surface area contributed by atoms with Crippen LogP contribution in [0.5, 0.6) is 0 Å². The second-order valence-electron chi connectivity index (χ2n) is 3.98. The molecular formula is C13H20O5. The van der Waals surface area contributed by atoms with Gasteiger partial charge in [-0.05, 0) is 19.8 Å². The summed E-state index contributed by atoms with van der Waals surface area (Å²) < 4.78 is 9.11. The highest BCUT2D eigenvalue weighted by atomic mass is 16.5. The lowest BCUT2D eigenvalue weighted by atomic mass is 10.1. The highest BCUT2D eigenvalue weighted by Crippen LogP contribution is 2.07. The molecule has 0 unspecified atom stereocenters. The van der Waals surface area contributed by atoms with Crippen LogP contribution in [0.15, 0.2) is 11.6 Å². The molecule has 0 saturated carbocycles. The van der Waals surface area contributed by atoms with Crippen LogP contribution in [0.25, 0.3) is 0 Å². The Balaban J connectivity index is 3.76. The maximum absolute atomic E-state index is 11.3. The molecule has 0 atom stereocenters. The molecule has 0 saturated heterocycles. The van der Waals surface area contributed by atoms with Gasteiger partial charge in [0.15, 0.2) is 5.78 Å². The van der Waals surface area contributed by atoms with Gasteiger partial charge in [-0.25, -0.2) is 0 Å². The SMILES string of the molecule is COC(=O)CC/C(C)=C/CCC(=O)COC(C)=O. The highest BCUT2D eigenvalue weighted by Gasteiger charge is 2.04. The molecule has 0 heterocycles. The van der Waals surface area contributed by atoms with Crippen LogP contribution in [0.1, 0.15) is 39.5 Å². The highest BCUT2D eigenvalue weighted by molar-refractivity contribution is 5.82. The number of carbonyl (C=O) groups is 3. The first-order chi connectivity index (χ1) is 8.45. The van der Waals surface area contributed by atoms with Crippen LogP contribution in [0, 0.1) is 0 Å². The Bertz CT molecular complexity index is 330. The van der Waals surface area contributed by atoms with Crippen LogP contribution in [-0.4, -0.2) is 31.4 Å². The van der Waals surface area contributed by atoms with Crippen molar-refractivity contribution in [2.45, 2.75) is 39.5 Å². The van der Waals surface area contributed by atoms with E-state index < -0.39 is 5.97 Å². The van der Waals surface area contributed by atoms with Crippen molar-refractivity contribution in [1.29, 1.82) is 0 Å². The lowest BCUT2D eigenvalue weighted by molar-refractivity contribution is -0.145. The largest absolute Gasteiger partial charge is 0.469 e. The van der Waals surface area contributed by atoms with Gasteiger partial charge in [0, 0.05) is 19.8 Å². The Morgan fingerprint density at radius 2 is 1.72 bits per heavy atom. The molecule has 0 radical (unpaired) electrons. The molecule has 0 aliphatic rings. The minimum Gasteiger partial charge on any atom is -0.469 e. The molecular weight excluding hydrogens is 236 g/mol. The summed E-state index contributed by atoms with van der Waals surface area (Å²) in [6.07, 6.45) is 3.82. The maximum Gasteiger partial charge on any atom is 0.305 e. The van der Waals surface area contributed by atoms with Crippen LogP contribution in [-0.2, 0) is 23.9 Å². The maximum atomic E-state index is 11.3. The molecule has 0 aliphatic heterocycles. The second-order valence-corrected chi connectivity index (χ2v) is 3.98. The van der Waals surface area contributed by atoms with E-state index in [9.17, 15) is 14.4 Å². The predicted molar refractivity (Wildman–Crippen MR) is 65.9 cm³/mol. The van der Waals surface area contributed by atoms with Crippen molar-refractivity contribution in [3.63, 3.8) is 0 Å². The zero-order chi connectivity index (χ0) is 14.0. The van der Waals surface area contributed by atoms with Crippen molar-refractivity contribution < 1.29 is 23.9 Å². The van der Waals surface area contributed by atoms with Gasteiger partial charge < -0.3 is 9.47 Å². The quantitative estimate of drug-likeness (QED) is 0.489. The van der Waals surface area contributed by atoms with E-state index in [1.54, 1.807) is 0 Å². The standard InChI is InChI=1S/C13H20O5/c1-10(7-8-13(16)17-3)5-4-6-12(15)9-18-11(2)14/h5H,4,6-9H2,1-3H3/b10-5+. The molecule has 0 aromatic heterocycles. The fourth-order valence-electron chi connectivity index (χ4n) is 1.24. The number of hydrogen-bond donors (Lipinski definition) is 0. The van der Waals surface area contributed by atoms with E-state index >= 15 is 0 Å². The fourth-order valence-corrected chi connectivity index (χ4v) is 1.24. The average Bonchev–Trinajstić information content (AvgIpc) is 2.33. The van der Waals surface area contributed by atoms with E-state index in [4.69, 9.17) is 0 Å². The van der Waals surface area contributed by atoms with Gasteiger partial charge in [-0.2, -0.15) is 0 Å². The van der Waals surface area contributed by atoms with Crippen molar-refractivity contribution in [3.8, 4) is 0 Å². The molecule has 5 nitrogen and oxygen atoms in total. The molecule has 0 spiro atoms. The lowest BCUT2D eigenvalue weighted by Crippen LogP contribution is -2.10. The van der Waals surface area contributed by atoms with E-state index in [0.717, 1.165) is 5.57 Å². The Kier molecular flexibility index (Phi) is 8.53. The molecule has 0 rings (SSSR count). The molecule has 0 aromatic carbocycles. The smallest absolute Gasteiger partial charge is 0.305 e. The normalized spacial score (nSPS) is 10.9. The van der Waals surface area contributed by atoms with Gasteiger partial charge in [-0.3, -0.25) is 14.4 Å². The van der Waals surface area contributed by atoms with Crippen LogP contribution in [0.3, 0.4) is 0 Å². The van der Waals surface area contributed by atoms with Crippen LogP contribution in [0.4, 0.5) is 0 Å². The van der Waals surface area contributed by atoms with Crippen molar-refractivity contribution in [3.05, 3.63) is 11.6 Å². The number of ketones is 1. The molecule has 0 bridgehead atoms. The summed E-state index contributed by atoms with van der Waals surface area (Å²) in [5.41, 5.74) is 1.04. The molecule has 5 heteroatoms. The van der Waals surface area contributed by atoms with Gasteiger partial charge in [0.05, 0.1) is 7.11 Å². The zero-order valence-corrected chi connectivity index (χ0v) is 11.2. The van der Waals surface area contributed by atoms with E-state index in [2.05, 4.69) is 9.47 Å². The first-order valence-electron chi connectivity index (χ1n) is 5.83. The molecule has 0 fully saturated rings. The third-order valence-electron chi connectivity index (χ3n) is 2.30. The topological polar surface area (TPSA) is 69.7 Å². The van der Waals surface area contributed by atoms with Crippen LogP contribution in [0.2, 0.25) is 0 Å². The zero-order valence-electron chi connectivity index (χ0n) is 11.2. The number of esters is 2. The third kappa shape index (κ3) is 9.57. The second kappa shape index (κ2) is 9.39. The van der Waals surface area contributed by atoms with Gasteiger partial charge in [0.25, 0.3) is 0 Å². The van der Waals surface area contributed by atoms with E-state index in [1.165, 1.54) is 14.0 Å². The molecule has 0 aromatic rings. The van der Waals surface area contributed by atoms with Gasteiger partial charge in [-0.15, -0.1) is 0 Å². The first kappa shape index (κ1) is 16.4. The van der Waals surface area contributed by atoms with Crippen molar-refractivity contribution in [1.82, 2.24) is 0 Å². The van der Waals surface area contributed by atoms with Crippen molar-refractivity contribution >= 4 is 17.7 Å². The summed E-state index contributed by atoms with van der Waals surface area (Å²) in [7, 11) is 1.36. The fraction of sp³-hybridized carbons (Fsp3) is 0.615. The monoisotopic (exact) mass is 256 g/mol. The Labute approximate surface area is 107 Å². The van der Waals surface area contributed by atoms with Gasteiger partial charge in [-0.1, -0.05) is 11.6 Å². The van der Waals surface area contributed by atoms with Crippen molar-refractivity contribution in [2.24, 2.45) is 0 Å². The summed E-state index contributed by atoms with van der Waals surface area (Å²) in [4.78, 5) is 32.6. The van der Waals surface area contributed by atoms with Gasteiger partial charge in [0.1, 0.15) is 6.61 Å². The summed E-state index contributed by atoms with van der Waals surface area (Å²) >= 11 is 0. The van der Waals surface area contributed by atoms with E-state index in [1.807, 2.05) is 13.0 Å². The average molecular weight is 256 g/mol. The molecule has 0 aliphatic carbocycles. The predicted octanol–water partition coefficient (Wildman–Crippen LogP) is 1.80. The van der Waals surface area contributed by atoms with Crippen LogP contribution < -0.4 is 0 Å². The summed E-state index contributed by atoms with van der Waals surface area (Å²) in [5.74, 6) is -0.802. The Morgan fingerprint density at radius 3 is 2.28 bits per heavy atom. The minimum absolute atomic E-state index is 0.109. The number of ether oxygens (including phenoxy) is 2.